The van der Waals surface area contributed by atoms with Gasteiger partial charge in [0.15, 0.2) is 0 Å². The predicted octanol–water partition coefficient (Wildman–Crippen LogP) is 2.08. The zero-order valence-corrected chi connectivity index (χ0v) is 11.5. The molecule has 0 amide bonds. The molecule has 0 bridgehead atoms. The number of nitrogens with two attached hydrogens (primary N) is 1. The van der Waals surface area contributed by atoms with Crippen LogP contribution < -0.4 is 10.5 Å². The Balaban J connectivity index is 2.49. The van der Waals surface area contributed by atoms with E-state index in [4.69, 9.17) is 5.73 Å². The molecule has 0 fully saturated rings. The Labute approximate surface area is 112 Å². The zero-order valence-electron chi connectivity index (χ0n) is 10.7. The van der Waals surface area contributed by atoms with Crippen LogP contribution in [0, 0.1) is 13.8 Å². The SMILES string of the molecule is Cc1ccc(N)c(C)c1S(=O)(=O)Nc1ccncc1. The first kappa shape index (κ1) is 13.4. The molecule has 0 saturated heterocycles. The molecule has 3 N–H and O–H groups in total. The fourth-order valence-electron chi connectivity index (χ4n) is 1.88. The molecule has 100 valence electrons. The van der Waals surface area contributed by atoms with E-state index >= 15 is 0 Å². The minimum Gasteiger partial charge on any atom is -0.398 e. The lowest BCUT2D eigenvalue weighted by Gasteiger charge is -2.14. The Morgan fingerprint density at radius 2 is 1.74 bits per heavy atom. The molecule has 2 aromatic rings. The van der Waals surface area contributed by atoms with Crippen LogP contribution in [0.15, 0.2) is 41.6 Å². The average molecular weight is 277 g/mol. The van der Waals surface area contributed by atoms with Gasteiger partial charge in [0, 0.05) is 18.1 Å². The molecule has 1 aromatic carbocycles. The maximum atomic E-state index is 12.4. The quantitative estimate of drug-likeness (QED) is 0.841. The summed E-state index contributed by atoms with van der Waals surface area (Å²) in [4.78, 5) is 4.07. The number of anilines is 2. The second kappa shape index (κ2) is 4.89. The van der Waals surface area contributed by atoms with Crippen LogP contribution in [0.2, 0.25) is 0 Å². The van der Waals surface area contributed by atoms with Gasteiger partial charge >= 0.3 is 0 Å². The van der Waals surface area contributed by atoms with E-state index in [1.165, 1.54) is 12.4 Å². The van der Waals surface area contributed by atoms with E-state index < -0.39 is 10.0 Å². The van der Waals surface area contributed by atoms with Crippen molar-refractivity contribution >= 4 is 21.4 Å². The molecule has 19 heavy (non-hydrogen) atoms. The van der Waals surface area contributed by atoms with Crippen molar-refractivity contribution in [2.45, 2.75) is 18.7 Å². The second-order valence-electron chi connectivity index (χ2n) is 4.27. The van der Waals surface area contributed by atoms with E-state index in [-0.39, 0.29) is 4.90 Å². The summed E-state index contributed by atoms with van der Waals surface area (Å²) in [5.74, 6) is 0. The molecular weight excluding hydrogens is 262 g/mol. The molecule has 2 rings (SSSR count). The van der Waals surface area contributed by atoms with Crippen molar-refractivity contribution in [1.82, 2.24) is 4.98 Å². The van der Waals surface area contributed by atoms with E-state index in [9.17, 15) is 8.42 Å². The summed E-state index contributed by atoms with van der Waals surface area (Å²) in [5, 5.41) is 0. The number of nitrogens with one attached hydrogen (secondary N) is 1. The molecule has 0 aliphatic rings. The fourth-order valence-corrected chi connectivity index (χ4v) is 3.44. The summed E-state index contributed by atoms with van der Waals surface area (Å²) in [6.45, 7) is 3.44. The Kier molecular flexibility index (Phi) is 3.44. The molecule has 0 atom stereocenters. The zero-order chi connectivity index (χ0) is 14.0. The summed E-state index contributed by atoms with van der Waals surface area (Å²) in [6.07, 6.45) is 3.05. The van der Waals surface area contributed by atoms with Crippen LogP contribution in [-0.4, -0.2) is 13.4 Å². The first-order chi connectivity index (χ1) is 8.92. The van der Waals surface area contributed by atoms with E-state index in [0.29, 0.717) is 22.5 Å². The minimum atomic E-state index is -3.65. The smallest absolute Gasteiger partial charge is 0.262 e. The number of nitrogen functional groups attached to an aromatic ring is 1. The molecular formula is C13H15N3O2S. The molecule has 5 nitrogen and oxygen atoms in total. The third-order valence-corrected chi connectivity index (χ3v) is 4.52. The van der Waals surface area contributed by atoms with E-state index in [1.807, 2.05) is 0 Å². The number of nitrogens with zero attached hydrogens (tertiary/aromatic N) is 1. The van der Waals surface area contributed by atoms with E-state index in [1.54, 1.807) is 38.1 Å². The van der Waals surface area contributed by atoms with E-state index in [2.05, 4.69) is 9.71 Å². The van der Waals surface area contributed by atoms with Crippen LogP contribution in [0.4, 0.5) is 11.4 Å². The van der Waals surface area contributed by atoms with Gasteiger partial charge in [0.1, 0.15) is 0 Å². The molecule has 6 heteroatoms. The molecule has 0 saturated carbocycles. The van der Waals surface area contributed by atoms with Crippen molar-refractivity contribution in [3.63, 3.8) is 0 Å². The monoisotopic (exact) mass is 277 g/mol. The van der Waals surface area contributed by atoms with Gasteiger partial charge in [-0.1, -0.05) is 6.07 Å². The highest BCUT2D eigenvalue weighted by Crippen LogP contribution is 2.26. The molecule has 1 aromatic heterocycles. The number of aryl methyl sites for hydroxylation is 1. The number of aromatic nitrogens is 1. The number of benzene rings is 1. The highest BCUT2D eigenvalue weighted by atomic mass is 32.2. The topological polar surface area (TPSA) is 85.1 Å². The van der Waals surface area contributed by atoms with Crippen LogP contribution in [0.25, 0.3) is 0 Å². The number of pyridine rings is 1. The largest absolute Gasteiger partial charge is 0.398 e. The lowest BCUT2D eigenvalue weighted by molar-refractivity contribution is 0.600. The van der Waals surface area contributed by atoms with Crippen LogP contribution in [0.1, 0.15) is 11.1 Å². The summed E-state index contributed by atoms with van der Waals surface area (Å²) in [5.41, 5.74) is 7.92. The van der Waals surface area contributed by atoms with Crippen molar-refractivity contribution in [3.8, 4) is 0 Å². The maximum absolute atomic E-state index is 12.4. The van der Waals surface area contributed by atoms with Gasteiger partial charge in [-0.15, -0.1) is 0 Å². The maximum Gasteiger partial charge on any atom is 0.262 e. The number of sulfonamides is 1. The third kappa shape index (κ3) is 2.68. The Bertz CT molecular complexity index is 697. The average Bonchev–Trinajstić information content (AvgIpc) is 2.35. The third-order valence-electron chi connectivity index (χ3n) is 2.85. The lowest BCUT2D eigenvalue weighted by atomic mass is 10.1. The molecule has 0 radical (unpaired) electrons. The highest BCUT2D eigenvalue weighted by Gasteiger charge is 2.20. The van der Waals surface area contributed by atoms with Crippen LogP contribution in [0.5, 0.6) is 0 Å². The minimum absolute atomic E-state index is 0.226. The number of hydrogen-bond donors (Lipinski definition) is 2. The van der Waals surface area contributed by atoms with Gasteiger partial charge in [-0.2, -0.15) is 0 Å². The van der Waals surface area contributed by atoms with Crippen molar-refractivity contribution < 1.29 is 8.42 Å². The van der Waals surface area contributed by atoms with Gasteiger partial charge in [0.25, 0.3) is 10.0 Å². The van der Waals surface area contributed by atoms with Crippen molar-refractivity contribution in [2.24, 2.45) is 0 Å². The van der Waals surface area contributed by atoms with Crippen molar-refractivity contribution in [2.75, 3.05) is 10.5 Å². The van der Waals surface area contributed by atoms with Gasteiger partial charge < -0.3 is 5.73 Å². The molecule has 0 aliphatic carbocycles. The summed E-state index contributed by atoms with van der Waals surface area (Å²) >= 11 is 0. The fraction of sp³-hybridized carbons (Fsp3) is 0.154. The van der Waals surface area contributed by atoms with Gasteiger partial charge in [-0.25, -0.2) is 8.42 Å². The molecule has 0 aliphatic heterocycles. The van der Waals surface area contributed by atoms with Gasteiger partial charge in [-0.05, 0) is 43.2 Å². The van der Waals surface area contributed by atoms with Crippen LogP contribution in [0.3, 0.4) is 0 Å². The summed E-state index contributed by atoms with van der Waals surface area (Å²) < 4.78 is 27.3. The Hall–Kier alpha value is -2.08. The van der Waals surface area contributed by atoms with Crippen LogP contribution in [-0.2, 0) is 10.0 Å². The number of rotatable bonds is 3. The first-order valence-electron chi connectivity index (χ1n) is 5.70. The highest BCUT2D eigenvalue weighted by molar-refractivity contribution is 7.92. The van der Waals surface area contributed by atoms with Gasteiger partial charge in [0.05, 0.1) is 10.6 Å². The van der Waals surface area contributed by atoms with Gasteiger partial charge in [0.2, 0.25) is 0 Å². The van der Waals surface area contributed by atoms with Gasteiger partial charge in [-0.3, -0.25) is 9.71 Å². The lowest BCUT2D eigenvalue weighted by Crippen LogP contribution is -2.16. The number of hydrogen-bond acceptors (Lipinski definition) is 4. The molecule has 0 spiro atoms. The van der Waals surface area contributed by atoms with Crippen LogP contribution >= 0.6 is 0 Å². The second-order valence-corrected chi connectivity index (χ2v) is 5.89. The Morgan fingerprint density at radius 1 is 1.11 bits per heavy atom. The normalized spacial score (nSPS) is 11.3. The Morgan fingerprint density at radius 3 is 2.37 bits per heavy atom. The standard InChI is InChI=1S/C13H15N3O2S/c1-9-3-4-12(14)10(2)13(9)19(17,18)16-11-5-7-15-8-6-11/h3-8H,14H2,1-2H3,(H,15,16). The van der Waals surface area contributed by atoms with Crippen molar-refractivity contribution in [1.29, 1.82) is 0 Å². The van der Waals surface area contributed by atoms with E-state index in [0.717, 1.165) is 0 Å². The molecule has 0 unspecified atom stereocenters. The first-order valence-corrected chi connectivity index (χ1v) is 7.18. The van der Waals surface area contributed by atoms with Crippen molar-refractivity contribution in [3.05, 3.63) is 47.8 Å². The summed E-state index contributed by atoms with van der Waals surface area (Å²) in [6, 6.07) is 6.59. The molecule has 1 heterocycles. The summed E-state index contributed by atoms with van der Waals surface area (Å²) in [7, 11) is -3.65. The predicted molar refractivity (Wildman–Crippen MR) is 75.4 cm³/mol.